The molecule has 0 N–H and O–H groups in total. The Morgan fingerprint density at radius 1 is 1.17 bits per heavy atom. The highest BCUT2D eigenvalue weighted by atomic mass is 35.5. The van der Waals surface area contributed by atoms with E-state index in [1.54, 1.807) is 11.0 Å². The van der Waals surface area contributed by atoms with Gasteiger partial charge in [-0.2, -0.15) is 5.10 Å². The smallest absolute Gasteiger partial charge is 0.168 e. The van der Waals surface area contributed by atoms with Crippen molar-refractivity contribution in [1.82, 2.24) is 19.7 Å². The third-order valence-corrected chi connectivity index (χ3v) is 4.35. The van der Waals surface area contributed by atoms with Crippen molar-refractivity contribution in [2.75, 3.05) is 18.0 Å². The van der Waals surface area contributed by atoms with Crippen LogP contribution in [0.5, 0.6) is 0 Å². The number of halogens is 1. The molecule has 2 atom stereocenters. The number of anilines is 1. The number of rotatable bonds is 2. The van der Waals surface area contributed by atoms with Crippen LogP contribution in [0.2, 0.25) is 5.02 Å². The van der Waals surface area contributed by atoms with Crippen LogP contribution in [0.3, 0.4) is 0 Å². The second-order valence-corrected chi connectivity index (χ2v) is 6.57. The fourth-order valence-corrected chi connectivity index (χ4v) is 3.42. The summed E-state index contributed by atoms with van der Waals surface area (Å²) < 4.78 is 7.61. The Morgan fingerprint density at radius 3 is 2.71 bits per heavy atom. The van der Waals surface area contributed by atoms with Crippen molar-refractivity contribution in [3.63, 3.8) is 0 Å². The van der Waals surface area contributed by atoms with E-state index in [0.29, 0.717) is 5.02 Å². The normalized spacial score (nSPS) is 21.4. The summed E-state index contributed by atoms with van der Waals surface area (Å²) in [6.07, 6.45) is 3.74. The summed E-state index contributed by atoms with van der Waals surface area (Å²) in [4.78, 5) is 11.2. The quantitative estimate of drug-likeness (QED) is 0.715. The Balaban J connectivity index is 1.79. The monoisotopic (exact) mass is 343 g/mol. The van der Waals surface area contributed by atoms with Crippen molar-refractivity contribution in [2.24, 2.45) is 0 Å². The van der Waals surface area contributed by atoms with Gasteiger partial charge in [-0.25, -0.2) is 14.6 Å². The molecule has 0 amide bonds. The molecule has 1 aliphatic heterocycles. The van der Waals surface area contributed by atoms with Gasteiger partial charge in [-0.3, -0.25) is 0 Å². The molecule has 1 saturated heterocycles. The topological polar surface area (TPSA) is 56.1 Å². The highest BCUT2D eigenvalue weighted by Gasteiger charge is 2.25. The molecule has 0 aliphatic carbocycles. The molecule has 4 rings (SSSR count). The minimum absolute atomic E-state index is 0.168. The summed E-state index contributed by atoms with van der Waals surface area (Å²) in [5.74, 6) is 0.898. The number of hydrogen-bond acceptors (Lipinski definition) is 5. The number of aromatic nitrogens is 4. The van der Waals surface area contributed by atoms with Crippen LogP contribution in [-0.2, 0) is 4.74 Å². The maximum atomic E-state index is 6.10. The molecular formula is C17H18ClN5O. The summed E-state index contributed by atoms with van der Waals surface area (Å²) >= 11 is 6.10. The fraction of sp³-hybridized carbons (Fsp3) is 0.353. The molecule has 3 aromatic rings. The van der Waals surface area contributed by atoms with E-state index in [2.05, 4.69) is 33.8 Å². The van der Waals surface area contributed by atoms with Crippen LogP contribution in [0.15, 0.2) is 36.8 Å². The third kappa shape index (κ3) is 2.72. The molecule has 0 saturated carbocycles. The lowest BCUT2D eigenvalue weighted by atomic mass is 10.2. The van der Waals surface area contributed by atoms with E-state index in [1.165, 1.54) is 0 Å². The highest BCUT2D eigenvalue weighted by molar-refractivity contribution is 6.30. The first-order valence-corrected chi connectivity index (χ1v) is 8.34. The second-order valence-electron chi connectivity index (χ2n) is 6.13. The van der Waals surface area contributed by atoms with Crippen molar-refractivity contribution in [3.05, 3.63) is 41.8 Å². The zero-order valence-electron chi connectivity index (χ0n) is 13.6. The molecule has 7 heteroatoms. The Labute approximate surface area is 145 Å². The van der Waals surface area contributed by atoms with E-state index >= 15 is 0 Å². The van der Waals surface area contributed by atoms with Crippen LogP contribution in [0.1, 0.15) is 13.8 Å². The maximum absolute atomic E-state index is 6.10. The summed E-state index contributed by atoms with van der Waals surface area (Å²) in [5, 5.41) is 6.10. The summed E-state index contributed by atoms with van der Waals surface area (Å²) in [7, 11) is 0. The van der Waals surface area contributed by atoms with Crippen LogP contribution in [0, 0.1) is 0 Å². The molecule has 1 fully saturated rings. The SMILES string of the molecule is CC1CN(c2ncnc3c2cnn3-c2cccc(Cl)c2)CC(C)O1. The Hall–Kier alpha value is -2.18. The van der Waals surface area contributed by atoms with Gasteiger partial charge in [0.25, 0.3) is 0 Å². The van der Waals surface area contributed by atoms with Crippen molar-refractivity contribution in [2.45, 2.75) is 26.1 Å². The number of morpholine rings is 1. The van der Waals surface area contributed by atoms with Crippen molar-refractivity contribution in [1.29, 1.82) is 0 Å². The van der Waals surface area contributed by atoms with E-state index in [9.17, 15) is 0 Å². The van der Waals surface area contributed by atoms with Gasteiger partial charge in [0.2, 0.25) is 0 Å². The first kappa shape index (κ1) is 15.4. The Kier molecular flexibility index (Phi) is 3.86. The number of fused-ring (bicyclic) bond motifs is 1. The molecule has 6 nitrogen and oxygen atoms in total. The van der Waals surface area contributed by atoms with Crippen LogP contribution >= 0.6 is 11.6 Å². The zero-order valence-corrected chi connectivity index (χ0v) is 14.3. The second kappa shape index (κ2) is 6.03. The van der Waals surface area contributed by atoms with Gasteiger partial charge in [-0.1, -0.05) is 17.7 Å². The van der Waals surface area contributed by atoms with Gasteiger partial charge in [-0.15, -0.1) is 0 Å². The van der Waals surface area contributed by atoms with Crippen molar-refractivity contribution in [3.8, 4) is 5.69 Å². The van der Waals surface area contributed by atoms with Gasteiger partial charge in [0.1, 0.15) is 12.1 Å². The average molecular weight is 344 g/mol. The van der Waals surface area contributed by atoms with E-state index in [1.807, 2.05) is 30.5 Å². The molecule has 24 heavy (non-hydrogen) atoms. The standard InChI is InChI=1S/C17H18ClN5O/c1-11-8-22(9-12(2)24-11)16-15-7-21-23(17(15)20-10-19-16)14-5-3-4-13(18)6-14/h3-7,10-12H,8-9H2,1-2H3. The molecule has 2 unspecified atom stereocenters. The van der Waals surface area contributed by atoms with Crippen LogP contribution < -0.4 is 4.90 Å². The molecule has 1 aliphatic rings. The van der Waals surface area contributed by atoms with E-state index in [-0.39, 0.29) is 12.2 Å². The van der Waals surface area contributed by atoms with Gasteiger partial charge >= 0.3 is 0 Å². The summed E-state index contributed by atoms with van der Waals surface area (Å²) in [6.45, 7) is 5.77. The van der Waals surface area contributed by atoms with Crippen LogP contribution in [-0.4, -0.2) is 45.0 Å². The van der Waals surface area contributed by atoms with Crippen molar-refractivity contribution >= 4 is 28.5 Å². The van der Waals surface area contributed by atoms with Gasteiger partial charge < -0.3 is 9.64 Å². The van der Waals surface area contributed by atoms with E-state index in [4.69, 9.17) is 16.3 Å². The number of nitrogens with zero attached hydrogens (tertiary/aromatic N) is 5. The van der Waals surface area contributed by atoms with Crippen LogP contribution in [0.25, 0.3) is 16.7 Å². The third-order valence-electron chi connectivity index (χ3n) is 4.12. The van der Waals surface area contributed by atoms with Gasteiger partial charge in [0, 0.05) is 18.1 Å². The highest BCUT2D eigenvalue weighted by Crippen LogP contribution is 2.27. The fourth-order valence-electron chi connectivity index (χ4n) is 3.23. The first-order chi connectivity index (χ1) is 11.6. The molecule has 0 radical (unpaired) electrons. The lowest BCUT2D eigenvalue weighted by molar-refractivity contribution is -0.00537. The molecule has 2 aromatic heterocycles. The minimum Gasteiger partial charge on any atom is -0.372 e. The molecule has 124 valence electrons. The summed E-state index contributed by atoms with van der Waals surface area (Å²) in [5.41, 5.74) is 1.65. The Morgan fingerprint density at radius 2 is 1.96 bits per heavy atom. The molecule has 0 bridgehead atoms. The predicted octanol–water partition coefficient (Wildman–Crippen LogP) is 3.08. The largest absolute Gasteiger partial charge is 0.372 e. The van der Waals surface area contributed by atoms with Gasteiger partial charge in [0.15, 0.2) is 5.65 Å². The van der Waals surface area contributed by atoms with Crippen molar-refractivity contribution < 1.29 is 4.74 Å². The Bertz CT molecular complexity index is 870. The van der Waals surface area contributed by atoms with Crippen LogP contribution in [0.4, 0.5) is 5.82 Å². The van der Waals surface area contributed by atoms with Gasteiger partial charge in [-0.05, 0) is 32.0 Å². The molecular weight excluding hydrogens is 326 g/mol. The average Bonchev–Trinajstić information content (AvgIpc) is 2.98. The molecule has 3 heterocycles. The maximum Gasteiger partial charge on any atom is 0.168 e. The number of benzene rings is 1. The zero-order chi connectivity index (χ0) is 16.7. The van der Waals surface area contributed by atoms with E-state index in [0.717, 1.165) is 35.6 Å². The first-order valence-electron chi connectivity index (χ1n) is 7.97. The summed E-state index contributed by atoms with van der Waals surface area (Å²) in [6, 6.07) is 7.57. The minimum atomic E-state index is 0.168. The van der Waals surface area contributed by atoms with E-state index < -0.39 is 0 Å². The van der Waals surface area contributed by atoms with Gasteiger partial charge in [0.05, 0.1) is 29.5 Å². The number of ether oxygens (including phenoxy) is 1. The predicted molar refractivity (Wildman–Crippen MR) is 93.9 cm³/mol. The number of hydrogen-bond donors (Lipinski definition) is 0. The molecule has 0 spiro atoms. The lowest BCUT2D eigenvalue weighted by Gasteiger charge is -2.36. The molecule has 1 aromatic carbocycles. The lowest BCUT2D eigenvalue weighted by Crippen LogP contribution is -2.45.